The number of sulfonamides is 1. The van der Waals surface area contributed by atoms with Crippen molar-refractivity contribution in [2.75, 3.05) is 13.7 Å². The molecule has 12 heteroatoms. The van der Waals surface area contributed by atoms with E-state index in [0.29, 0.717) is 28.9 Å². The van der Waals surface area contributed by atoms with Crippen LogP contribution in [-0.4, -0.2) is 48.9 Å². The van der Waals surface area contributed by atoms with Gasteiger partial charge in [0.05, 0.1) is 24.5 Å². The Hall–Kier alpha value is -3.18. The van der Waals surface area contributed by atoms with Crippen molar-refractivity contribution in [3.05, 3.63) is 82.1 Å². The Balaban J connectivity index is 1.61. The average Bonchev–Trinajstić information content (AvgIpc) is 3.31. The molecule has 3 aromatic rings. The van der Waals surface area contributed by atoms with Gasteiger partial charge >= 0.3 is 5.97 Å². The zero-order valence-electron chi connectivity index (χ0n) is 21.7. The van der Waals surface area contributed by atoms with Crippen LogP contribution in [-0.2, 0) is 19.6 Å². The Labute approximate surface area is 241 Å². The van der Waals surface area contributed by atoms with E-state index in [0.717, 1.165) is 4.31 Å². The second-order valence-electron chi connectivity index (χ2n) is 9.69. The Morgan fingerprint density at radius 3 is 2.33 bits per heavy atom. The predicted octanol–water partition coefficient (Wildman–Crippen LogP) is 5.68. The quantitative estimate of drug-likeness (QED) is 0.323. The number of carbonyl (C=O) groups is 2. The van der Waals surface area contributed by atoms with Crippen LogP contribution in [0.5, 0.6) is 5.75 Å². The van der Waals surface area contributed by atoms with Crippen molar-refractivity contribution in [2.45, 2.75) is 42.7 Å². The molecule has 0 unspecified atom stereocenters. The van der Waals surface area contributed by atoms with Gasteiger partial charge in [-0.15, -0.1) is 0 Å². The number of benzene rings is 3. The number of ether oxygens (including phenoxy) is 1. The fraction of sp³-hybridized carbons (Fsp3) is 0.286. The van der Waals surface area contributed by atoms with E-state index in [4.69, 9.17) is 27.9 Å². The largest absolute Gasteiger partial charge is 0.497 e. The number of rotatable bonds is 9. The Kier molecular flexibility index (Phi) is 8.75. The molecule has 0 saturated carbocycles. The van der Waals surface area contributed by atoms with Crippen molar-refractivity contribution < 1.29 is 32.2 Å². The van der Waals surface area contributed by atoms with Gasteiger partial charge in [-0.3, -0.25) is 9.59 Å². The summed E-state index contributed by atoms with van der Waals surface area (Å²) < 4.78 is 47.3. The number of nitrogens with one attached hydrogen (secondary N) is 1. The van der Waals surface area contributed by atoms with E-state index < -0.39 is 45.7 Å². The number of carboxylic acid groups (broad SMARTS) is 1. The van der Waals surface area contributed by atoms with Gasteiger partial charge in [0.2, 0.25) is 15.9 Å². The maximum Gasteiger partial charge on any atom is 0.305 e. The minimum Gasteiger partial charge on any atom is -0.497 e. The summed E-state index contributed by atoms with van der Waals surface area (Å²) in [7, 11) is -2.73. The Morgan fingerprint density at radius 1 is 1.07 bits per heavy atom. The monoisotopic (exact) mass is 608 g/mol. The number of aliphatic carboxylic acids is 1. The summed E-state index contributed by atoms with van der Waals surface area (Å²) in [5, 5.41) is 12.6. The van der Waals surface area contributed by atoms with Crippen LogP contribution in [0.25, 0.3) is 11.1 Å². The van der Waals surface area contributed by atoms with E-state index in [2.05, 4.69) is 5.32 Å². The highest BCUT2D eigenvalue weighted by atomic mass is 35.5. The number of carboxylic acids is 1. The van der Waals surface area contributed by atoms with Crippen LogP contribution in [0.1, 0.15) is 37.8 Å². The summed E-state index contributed by atoms with van der Waals surface area (Å²) >= 11 is 12.1. The molecule has 0 radical (unpaired) electrons. The lowest BCUT2D eigenvalue weighted by atomic mass is 9.95. The van der Waals surface area contributed by atoms with Gasteiger partial charge in [-0.1, -0.05) is 47.5 Å². The molecule has 1 aliphatic heterocycles. The molecule has 0 aliphatic carbocycles. The highest BCUT2D eigenvalue weighted by Crippen LogP contribution is 2.37. The van der Waals surface area contributed by atoms with E-state index in [-0.39, 0.29) is 27.9 Å². The number of nitrogens with zero attached hydrogens (tertiary/aromatic N) is 1. The number of halogens is 3. The molecular formula is C28H27Cl2FN2O6S. The fourth-order valence-corrected chi connectivity index (χ4v) is 7.39. The van der Waals surface area contributed by atoms with Crippen LogP contribution in [0.4, 0.5) is 4.39 Å². The molecule has 1 aliphatic rings. The van der Waals surface area contributed by atoms with E-state index >= 15 is 0 Å². The summed E-state index contributed by atoms with van der Waals surface area (Å²) in [4.78, 5) is 25.2. The van der Waals surface area contributed by atoms with Crippen LogP contribution in [0, 0.1) is 5.82 Å². The lowest BCUT2D eigenvalue weighted by Gasteiger charge is -2.34. The van der Waals surface area contributed by atoms with Gasteiger partial charge in [-0.25, -0.2) is 12.8 Å². The van der Waals surface area contributed by atoms with Crippen molar-refractivity contribution in [3.8, 4) is 16.9 Å². The molecule has 3 aromatic carbocycles. The molecular weight excluding hydrogens is 582 g/mol. The Bertz CT molecular complexity index is 1530. The van der Waals surface area contributed by atoms with E-state index in [1.165, 1.54) is 44.4 Å². The SMILES string of the molecule is COc1cc(F)cc(-c2ccc([C@@H](CC(=O)O)NC(=O)[C@]3(C)CCCN3S(=O)(=O)c3cc(Cl)cc(Cl)c3)cc2)c1. The third-order valence-electron chi connectivity index (χ3n) is 6.93. The lowest BCUT2D eigenvalue weighted by molar-refractivity contribution is -0.138. The molecule has 2 atom stereocenters. The zero-order chi connectivity index (χ0) is 29.2. The van der Waals surface area contributed by atoms with E-state index in [1.54, 1.807) is 30.3 Å². The molecule has 0 aromatic heterocycles. The summed E-state index contributed by atoms with van der Waals surface area (Å²) in [6.07, 6.45) is 0.213. The maximum absolute atomic E-state index is 14.0. The molecule has 1 saturated heterocycles. The summed E-state index contributed by atoms with van der Waals surface area (Å²) in [6.45, 7) is 1.60. The number of methoxy groups -OCH3 is 1. The smallest absolute Gasteiger partial charge is 0.305 e. The average molecular weight is 610 g/mol. The topological polar surface area (TPSA) is 113 Å². The standard InChI is InChI=1S/C28H27Cl2FN2O6S/c1-28(8-3-9-33(28)40(37,38)24-13-20(29)12-21(30)14-24)27(36)32-25(16-26(34)35)18-6-4-17(5-7-18)19-10-22(31)15-23(11-19)39-2/h4-7,10-15,25H,3,8-9,16H2,1-2H3,(H,32,36)(H,34,35)/t25-,28+/m1/s1. The molecule has 1 fully saturated rings. The number of hydrogen-bond acceptors (Lipinski definition) is 5. The van der Waals surface area contributed by atoms with Gasteiger partial charge in [0.15, 0.2) is 0 Å². The van der Waals surface area contributed by atoms with Crippen molar-refractivity contribution in [1.29, 1.82) is 0 Å². The summed E-state index contributed by atoms with van der Waals surface area (Å²) in [6, 6.07) is 13.9. The van der Waals surface area contributed by atoms with Crippen LogP contribution in [0.2, 0.25) is 10.0 Å². The minimum atomic E-state index is -4.16. The van der Waals surface area contributed by atoms with Gasteiger partial charge in [0.1, 0.15) is 17.1 Å². The van der Waals surface area contributed by atoms with Crippen molar-refractivity contribution in [2.24, 2.45) is 0 Å². The highest BCUT2D eigenvalue weighted by Gasteiger charge is 2.50. The van der Waals surface area contributed by atoms with Crippen LogP contribution >= 0.6 is 23.2 Å². The summed E-state index contributed by atoms with van der Waals surface area (Å²) in [5.74, 6) is -1.91. The van der Waals surface area contributed by atoms with Gasteiger partial charge < -0.3 is 15.2 Å². The van der Waals surface area contributed by atoms with Crippen LogP contribution in [0.3, 0.4) is 0 Å². The van der Waals surface area contributed by atoms with Gasteiger partial charge in [-0.05, 0) is 66.8 Å². The highest BCUT2D eigenvalue weighted by molar-refractivity contribution is 7.89. The zero-order valence-corrected chi connectivity index (χ0v) is 24.0. The summed E-state index contributed by atoms with van der Waals surface area (Å²) in [5.41, 5.74) is 0.216. The van der Waals surface area contributed by atoms with E-state index in [9.17, 15) is 27.5 Å². The second kappa shape index (κ2) is 11.7. The normalized spacial score (nSPS) is 18.3. The first-order chi connectivity index (χ1) is 18.8. The van der Waals surface area contributed by atoms with Gasteiger partial charge in [-0.2, -0.15) is 4.31 Å². The molecule has 4 rings (SSSR count). The third kappa shape index (κ3) is 6.25. The van der Waals surface area contributed by atoms with E-state index in [1.807, 2.05) is 0 Å². The molecule has 0 bridgehead atoms. The van der Waals surface area contributed by atoms with Crippen molar-refractivity contribution in [3.63, 3.8) is 0 Å². The molecule has 40 heavy (non-hydrogen) atoms. The lowest BCUT2D eigenvalue weighted by Crippen LogP contribution is -2.55. The molecule has 1 amide bonds. The first kappa shape index (κ1) is 29.8. The van der Waals surface area contributed by atoms with Crippen LogP contribution in [0.15, 0.2) is 65.6 Å². The number of amides is 1. The fourth-order valence-electron chi connectivity index (χ4n) is 4.85. The molecule has 8 nitrogen and oxygen atoms in total. The number of carbonyl (C=O) groups excluding carboxylic acids is 1. The Morgan fingerprint density at radius 2 is 1.73 bits per heavy atom. The maximum atomic E-state index is 14.0. The molecule has 2 N–H and O–H groups in total. The van der Waals surface area contributed by atoms with Crippen LogP contribution < -0.4 is 10.1 Å². The third-order valence-corrected chi connectivity index (χ3v) is 9.36. The van der Waals surface area contributed by atoms with Crippen molar-refractivity contribution in [1.82, 2.24) is 9.62 Å². The second-order valence-corrected chi connectivity index (χ2v) is 12.4. The van der Waals surface area contributed by atoms with Gasteiger partial charge in [0, 0.05) is 22.7 Å². The van der Waals surface area contributed by atoms with Gasteiger partial charge in [0.25, 0.3) is 0 Å². The minimum absolute atomic E-state index is 0.0891. The molecule has 0 spiro atoms. The van der Waals surface area contributed by atoms with Crippen molar-refractivity contribution >= 4 is 45.1 Å². The number of hydrogen-bond donors (Lipinski definition) is 2. The molecule has 212 valence electrons. The molecule has 1 heterocycles. The predicted molar refractivity (Wildman–Crippen MR) is 150 cm³/mol. The first-order valence-corrected chi connectivity index (χ1v) is 14.5. The first-order valence-electron chi connectivity index (χ1n) is 12.3.